The predicted molar refractivity (Wildman–Crippen MR) is 100 cm³/mol. The lowest BCUT2D eigenvalue weighted by Crippen LogP contribution is -3.15. The molecule has 0 aliphatic carbocycles. The fraction of sp³-hybridized carbons (Fsp3) is 0.476. The Kier molecular flexibility index (Phi) is 6.47. The van der Waals surface area contributed by atoms with E-state index in [1.807, 2.05) is 43.3 Å². The summed E-state index contributed by atoms with van der Waals surface area (Å²) in [6.07, 6.45) is 1.31. The number of aliphatic hydroxyl groups is 1. The molecule has 5 nitrogen and oxygen atoms in total. The predicted octanol–water partition coefficient (Wildman–Crippen LogP) is 1.44. The zero-order valence-electron chi connectivity index (χ0n) is 15.3. The lowest BCUT2D eigenvalue weighted by molar-refractivity contribution is -0.910. The molecule has 2 aromatic carbocycles. The van der Waals surface area contributed by atoms with Crippen molar-refractivity contribution in [3.8, 4) is 5.75 Å². The standard InChI is InChI=1S/C21H27NO4/c1-2-25-21(24)18-8-5-11-22(13-18)14-19(23)15-26-20-10-9-16-6-3-4-7-17(16)12-20/h3-4,6-7,9-10,12,18-19,23H,2,5,8,11,13-15H2,1H3/p+1/t18-,19+/m1/s1. The van der Waals surface area contributed by atoms with Crippen LogP contribution in [0, 0.1) is 5.92 Å². The van der Waals surface area contributed by atoms with Crippen LogP contribution in [0.4, 0.5) is 0 Å². The monoisotopic (exact) mass is 358 g/mol. The second-order valence-corrected chi connectivity index (χ2v) is 6.97. The molecule has 2 aromatic rings. The fourth-order valence-corrected chi connectivity index (χ4v) is 3.64. The molecular formula is C21H28NO4+. The zero-order chi connectivity index (χ0) is 18.4. The molecule has 1 heterocycles. The van der Waals surface area contributed by atoms with Crippen LogP contribution in [0.25, 0.3) is 10.8 Å². The van der Waals surface area contributed by atoms with Gasteiger partial charge in [-0.3, -0.25) is 4.79 Å². The van der Waals surface area contributed by atoms with E-state index in [0.717, 1.165) is 37.1 Å². The highest BCUT2D eigenvalue weighted by Gasteiger charge is 2.30. The van der Waals surface area contributed by atoms with Crippen molar-refractivity contribution in [1.29, 1.82) is 0 Å². The smallest absolute Gasteiger partial charge is 0.314 e. The summed E-state index contributed by atoms with van der Waals surface area (Å²) in [7, 11) is 0. The maximum Gasteiger partial charge on any atom is 0.314 e. The number of hydrogen-bond donors (Lipinski definition) is 2. The van der Waals surface area contributed by atoms with E-state index in [9.17, 15) is 9.90 Å². The largest absolute Gasteiger partial charge is 0.491 e. The number of fused-ring (bicyclic) bond motifs is 1. The first-order valence-corrected chi connectivity index (χ1v) is 9.45. The molecule has 0 spiro atoms. The minimum atomic E-state index is -0.558. The van der Waals surface area contributed by atoms with Gasteiger partial charge in [0, 0.05) is 0 Å². The summed E-state index contributed by atoms with van der Waals surface area (Å²) in [5, 5.41) is 12.6. The molecule has 1 saturated heterocycles. The van der Waals surface area contributed by atoms with E-state index >= 15 is 0 Å². The van der Waals surface area contributed by atoms with E-state index < -0.39 is 6.10 Å². The van der Waals surface area contributed by atoms with Gasteiger partial charge in [0.05, 0.1) is 19.7 Å². The number of esters is 1. The van der Waals surface area contributed by atoms with Gasteiger partial charge in [-0.2, -0.15) is 0 Å². The van der Waals surface area contributed by atoms with Crippen LogP contribution in [-0.4, -0.2) is 50.0 Å². The zero-order valence-corrected chi connectivity index (χ0v) is 15.3. The number of piperidine rings is 1. The van der Waals surface area contributed by atoms with E-state index in [1.165, 1.54) is 10.3 Å². The SMILES string of the molecule is CCOC(=O)[C@@H]1CCC[NH+](C[C@H](O)COc2ccc3ccccc3c2)C1. The normalized spacial score (nSPS) is 21.3. The first-order valence-electron chi connectivity index (χ1n) is 9.45. The van der Waals surface area contributed by atoms with E-state index in [2.05, 4.69) is 6.07 Å². The molecule has 0 amide bonds. The molecule has 3 rings (SSSR count). The summed E-state index contributed by atoms with van der Waals surface area (Å²) in [6.45, 7) is 4.80. The summed E-state index contributed by atoms with van der Waals surface area (Å²) in [4.78, 5) is 13.2. The van der Waals surface area contributed by atoms with E-state index in [0.29, 0.717) is 13.2 Å². The van der Waals surface area contributed by atoms with Crippen LogP contribution in [0.15, 0.2) is 42.5 Å². The Bertz CT molecular complexity index is 733. The molecule has 0 radical (unpaired) electrons. The maximum atomic E-state index is 11.9. The Hall–Kier alpha value is -2.11. The number of rotatable bonds is 7. The van der Waals surface area contributed by atoms with Crippen molar-refractivity contribution in [1.82, 2.24) is 0 Å². The maximum absolute atomic E-state index is 11.9. The number of benzene rings is 2. The second kappa shape index (κ2) is 9.01. The van der Waals surface area contributed by atoms with Crippen LogP contribution in [0.1, 0.15) is 19.8 Å². The van der Waals surface area contributed by atoms with Crippen LogP contribution in [0.5, 0.6) is 5.75 Å². The van der Waals surface area contributed by atoms with Gasteiger partial charge >= 0.3 is 5.97 Å². The lowest BCUT2D eigenvalue weighted by atomic mass is 9.98. The van der Waals surface area contributed by atoms with Crippen molar-refractivity contribution < 1.29 is 24.3 Å². The summed E-state index contributed by atoms with van der Waals surface area (Å²) in [5.41, 5.74) is 0. The molecule has 1 aliphatic heterocycles. The molecule has 140 valence electrons. The molecular weight excluding hydrogens is 330 g/mol. The molecule has 2 N–H and O–H groups in total. The molecule has 3 atom stereocenters. The van der Waals surface area contributed by atoms with Crippen LogP contribution in [-0.2, 0) is 9.53 Å². The highest BCUT2D eigenvalue weighted by Crippen LogP contribution is 2.20. The highest BCUT2D eigenvalue weighted by atomic mass is 16.5. The summed E-state index contributed by atoms with van der Waals surface area (Å²) in [5.74, 6) is 0.611. The average Bonchev–Trinajstić information content (AvgIpc) is 2.66. The Labute approximate surface area is 154 Å². The van der Waals surface area contributed by atoms with E-state index in [1.54, 1.807) is 0 Å². The number of nitrogens with one attached hydrogen (secondary N) is 1. The number of ether oxygens (including phenoxy) is 2. The first kappa shape index (κ1) is 18.7. The van der Waals surface area contributed by atoms with E-state index in [4.69, 9.17) is 9.47 Å². The Morgan fingerprint density at radius 2 is 2.08 bits per heavy atom. The summed E-state index contributed by atoms with van der Waals surface area (Å²) in [6, 6.07) is 14.1. The molecule has 1 fully saturated rings. The Morgan fingerprint density at radius 3 is 2.88 bits per heavy atom. The van der Waals surface area contributed by atoms with Crippen molar-refractivity contribution in [3.05, 3.63) is 42.5 Å². The quantitative estimate of drug-likeness (QED) is 0.736. The number of quaternary nitrogens is 1. The number of hydrogen-bond acceptors (Lipinski definition) is 4. The van der Waals surface area contributed by atoms with Crippen molar-refractivity contribution >= 4 is 16.7 Å². The number of likely N-dealkylation sites (tertiary alicyclic amines) is 1. The van der Waals surface area contributed by atoms with Crippen molar-refractivity contribution in [3.63, 3.8) is 0 Å². The third-order valence-electron chi connectivity index (χ3n) is 4.93. The van der Waals surface area contributed by atoms with Crippen LogP contribution in [0.2, 0.25) is 0 Å². The molecule has 0 bridgehead atoms. The first-order chi connectivity index (χ1) is 12.7. The van der Waals surface area contributed by atoms with Gasteiger partial charge in [0.2, 0.25) is 0 Å². The van der Waals surface area contributed by atoms with Crippen LogP contribution < -0.4 is 9.64 Å². The molecule has 26 heavy (non-hydrogen) atoms. The average molecular weight is 358 g/mol. The van der Waals surface area contributed by atoms with Crippen LogP contribution >= 0.6 is 0 Å². The molecule has 1 unspecified atom stereocenters. The molecule has 5 heteroatoms. The highest BCUT2D eigenvalue weighted by molar-refractivity contribution is 5.83. The van der Waals surface area contributed by atoms with Crippen molar-refractivity contribution in [2.45, 2.75) is 25.9 Å². The van der Waals surface area contributed by atoms with Gasteiger partial charge in [-0.1, -0.05) is 30.3 Å². The third-order valence-corrected chi connectivity index (χ3v) is 4.93. The van der Waals surface area contributed by atoms with Crippen LogP contribution in [0.3, 0.4) is 0 Å². The topological polar surface area (TPSA) is 60.2 Å². The number of carbonyl (C=O) groups is 1. The van der Waals surface area contributed by atoms with E-state index in [-0.39, 0.29) is 18.5 Å². The molecule has 0 aromatic heterocycles. The number of carbonyl (C=O) groups excluding carboxylic acids is 1. The number of aliphatic hydroxyl groups excluding tert-OH is 1. The van der Waals surface area contributed by atoms with Gasteiger partial charge in [0.25, 0.3) is 0 Å². The van der Waals surface area contributed by atoms with Gasteiger partial charge in [-0.25, -0.2) is 0 Å². The summed E-state index contributed by atoms with van der Waals surface area (Å²) >= 11 is 0. The fourth-order valence-electron chi connectivity index (χ4n) is 3.64. The van der Waals surface area contributed by atoms with Gasteiger partial charge in [0.15, 0.2) is 0 Å². The van der Waals surface area contributed by atoms with Crippen molar-refractivity contribution in [2.75, 3.05) is 32.8 Å². The van der Waals surface area contributed by atoms with Gasteiger partial charge < -0.3 is 19.5 Å². The van der Waals surface area contributed by atoms with Gasteiger partial charge in [0.1, 0.15) is 30.9 Å². The third kappa shape index (κ3) is 4.96. The van der Waals surface area contributed by atoms with Crippen molar-refractivity contribution in [2.24, 2.45) is 5.92 Å². The molecule has 1 aliphatic rings. The Balaban J connectivity index is 1.48. The lowest BCUT2D eigenvalue weighted by Gasteiger charge is -2.30. The summed E-state index contributed by atoms with van der Waals surface area (Å²) < 4.78 is 10.9. The second-order valence-electron chi connectivity index (χ2n) is 6.97. The van der Waals surface area contributed by atoms with Gasteiger partial charge in [-0.15, -0.1) is 0 Å². The molecule has 0 saturated carbocycles. The minimum absolute atomic E-state index is 0.0488. The Morgan fingerprint density at radius 1 is 1.27 bits per heavy atom. The van der Waals surface area contributed by atoms with Gasteiger partial charge in [-0.05, 0) is 42.7 Å². The minimum Gasteiger partial charge on any atom is -0.491 e.